The van der Waals surface area contributed by atoms with Crippen LogP contribution in [0.15, 0.2) is 76.1 Å². The molecule has 6 heteroatoms. The Morgan fingerprint density at radius 2 is 1.84 bits per heavy atom. The van der Waals surface area contributed by atoms with E-state index < -0.39 is 0 Å². The molecule has 6 nitrogen and oxygen atoms in total. The fraction of sp³-hybridized carbons (Fsp3) is 0.105. The van der Waals surface area contributed by atoms with E-state index in [4.69, 9.17) is 4.42 Å². The van der Waals surface area contributed by atoms with Gasteiger partial charge in [0, 0.05) is 11.5 Å². The van der Waals surface area contributed by atoms with Gasteiger partial charge in [-0.3, -0.25) is 0 Å². The molecule has 25 heavy (non-hydrogen) atoms. The molecule has 0 aliphatic rings. The number of hydrogen-bond donors (Lipinski definition) is 1. The Bertz CT molecular complexity index is 1070. The Kier molecular flexibility index (Phi) is 3.78. The number of hydrogen-bond acceptors (Lipinski definition) is 5. The monoisotopic (exact) mass is 332 g/mol. The zero-order valence-electron chi connectivity index (χ0n) is 13.6. The van der Waals surface area contributed by atoms with Gasteiger partial charge in [-0.2, -0.15) is 0 Å². The molecular weight excluding hydrogens is 316 g/mol. The highest BCUT2D eigenvalue weighted by Gasteiger charge is 2.13. The van der Waals surface area contributed by atoms with Crippen LogP contribution in [-0.4, -0.2) is 15.0 Å². The van der Waals surface area contributed by atoms with E-state index in [1.807, 2.05) is 61.7 Å². The van der Waals surface area contributed by atoms with E-state index in [1.165, 1.54) is 6.07 Å². The molecule has 1 atom stereocenters. The van der Waals surface area contributed by atoms with Crippen LogP contribution < -0.4 is 10.9 Å². The fourth-order valence-electron chi connectivity index (χ4n) is 2.72. The van der Waals surface area contributed by atoms with Crippen molar-refractivity contribution in [1.82, 2.24) is 15.0 Å². The van der Waals surface area contributed by atoms with Gasteiger partial charge in [-0.05, 0) is 31.2 Å². The number of nitrogens with zero attached hydrogens (tertiary/aromatic N) is 3. The minimum Gasteiger partial charge on any atom is -0.423 e. The molecule has 0 aliphatic carbocycles. The minimum atomic E-state index is -0.388. The molecule has 4 aromatic rings. The SMILES string of the molecule is CC(Nc1cc(=O)oc2ccccc12)c1cn(-c2ccccc2)nn1. The lowest BCUT2D eigenvalue weighted by Crippen LogP contribution is -2.10. The van der Waals surface area contributed by atoms with E-state index in [0.717, 1.165) is 16.8 Å². The third-order valence-corrected chi connectivity index (χ3v) is 4.00. The molecule has 1 unspecified atom stereocenters. The van der Waals surface area contributed by atoms with Crippen molar-refractivity contribution < 1.29 is 4.42 Å². The summed E-state index contributed by atoms with van der Waals surface area (Å²) in [6.07, 6.45) is 1.88. The lowest BCUT2D eigenvalue weighted by atomic mass is 10.1. The van der Waals surface area contributed by atoms with Crippen molar-refractivity contribution >= 4 is 16.7 Å². The van der Waals surface area contributed by atoms with Crippen LogP contribution in [0, 0.1) is 0 Å². The van der Waals surface area contributed by atoms with Gasteiger partial charge in [0.15, 0.2) is 0 Å². The summed E-state index contributed by atoms with van der Waals surface area (Å²) in [7, 11) is 0. The lowest BCUT2D eigenvalue weighted by Gasteiger charge is -2.13. The van der Waals surface area contributed by atoms with E-state index in [2.05, 4.69) is 15.6 Å². The summed E-state index contributed by atoms with van der Waals surface area (Å²) in [6.45, 7) is 1.97. The predicted molar refractivity (Wildman–Crippen MR) is 95.9 cm³/mol. The molecule has 0 amide bonds. The Morgan fingerprint density at radius 1 is 1.08 bits per heavy atom. The molecule has 0 radical (unpaired) electrons. The van der Waals surface area contributed by atoms with E-state index >= 15 is 0 Å². The standard InChI is InChI=1S/C19H16N4O2/c1-13(17-12-23(22-21-17)14-7-3-2-4-8-14)20-16-11-19(24)25-18-10-6-5-9-15(16)18/h2-13,20H,1H3. The Labute approximate surface area is 143 Å². The van der Waals surface area contributed by atoms with Crippen LogP contribution in [0.2, 0.25) is 0 Å². The number of nitrogens with one attached hydrogen (secondary N) is 1. The first-order chi connectivity index (χ1) is 12.2. The highest BCUT2D eigenvalue weighted by Crippen LogP contribution is 2.25. The first-order valence-corrected chi connectivity index (χ1v) is 7.98. The van der Waals surface area contributed by atoms with E-state index in [1.54, 1.807) is 10.7 Å². The van der Waals surface area contributed by atoms with Crippen LogP contribution in [0.3, 0.4) is 0 Å². The zero-order valence-corrected chi connectivity index (χ0v) is 13.6. The maximum absolute atomic E-state index is 11.8. The van der Waals surface area contributed by atoms with Crippen LogP contribution in [0.4, 0.5) is 5.69 Å². The van der Waals surface area contributed by atoms with Crippen molar-refractivity contribution in [3.05, 3.63) is 83.0 Å². The summed E-state index contributed by atoms with van der Waals surface area (Å²) in [4.78, 5) is 11.8. The zero-order chi connectivity index (χ0) is 17.2. The summed E-state index contributed by atoms with van der Waals surface area (Å²) in [5, 5.41) is 12.6. The maximum atomic E-state index is 11.8. The largest absolute Gasteiger partial charge is 0.423 e. The first-order valence-electron chi connectivity index (χ1n) is 7.98. The van der Waals surface area contributed by atoms with Gasteiger partial charge >= 0.3 is 5.63 Å². The molecule has 0 aliphatic heterocycles. The second-order valence-corrected chi connectivity index (χ2v) is 5.76. The molecule has 2 heterocycles. The molecule has 0 spiro atoms. The van der Waals surface area contributed by atoms with Crippen LogP contribution in [0.25, 0.3) is 16.7 Å². The van der Waals surface area contributed by atoms with E-state index in [0.29, 0.717) is 11.3 Å². The first kappa shape index (κ1) is 15.1. The normalized spacial score (nSPS) is 12.2. The highest BCUT2D eigenvalue weighted by atomic mass is 16.4. The van der Waals surface area contributed by atoms with Gasteiger partial charge in [-0.1, -0.05) is 35.5 Å². The third-order valence-electron chi connectivity index (χ3n) is 4.00. The van der Waals surface area contributed by atoms with Crippen molar-refractivity contribution in [1.29, 1.82) is 0 Å². The molecular formula is C19H16N4O2. The average Bonchev–Trinajstić information content (AvgIpc) is 3.12. The van der Waals surface area contributed by atoms with Crippen LogP contribution in [0.1, 0.15) is 18.7 Å². The molecule has 2 aromatic carbocycles. The molecule has 0 saturated carbocycles. The second-order valence-electron chi connectivity index (χ2n) is 5.76. The van der Waals surface area contributed by atoms with Gasteiger partial charge < -0.3 is 9.73 Å². The van der Waals surface area contributed by atoms with Crippen molar-refractivity contribution in [2.24, 2.45) is 0 Å². The van der Waals surface area contributed by atoms with E-state index in [9.17, 15) is 4.79 Å². The van der Waals surface area contributed by atoms with Gasteiger partial charge in [0.25, 0.3) is 0 Å². The van der Waals surface area contributed by atoms with Gasteiger partial charge in [0.1, 0.15) is 11.3 Å². The van der Waals surface area contributed by atoms with Crippen LogP contribution in [0.5, 0.6) is 0 Å². The summed E-state index contributed by atoms with van der Waals surface area (Å²) < 4.78 is 6.95. The van der Waals surface area contributed by atoms with Crippen molar-refractivity contribution in [3.8, 4) is 5.69 Å². The van der Waals surface area contributed by atoms with Crippen LogP contribution in [-0.2, 0) is 0 Å². The molecule has 0 fully saturated rings. The average molecular weight is 332 g/mol. The summed E-state index contributed by atoms with van der Waals surface area (Å²) >= 11 is 0. The topological polar surface area (TPSA) is 73.0 Å². The Balaban J connectivity index is 1.64. The van der Waals surface area contributed by atoms with Crippen molar-refractivity contribution in [3.63, 3.8) is 0 Å². The molecule has 1 N–H and O–H groups in total. The number of anilines is 1. The number of fused-ring (bicyclic) bond motifs is 1. The lowest BCUT2D eigenvalue weighted by molar-refractivity contribution is 0.561. The number of para-hydroxylation sites is 2. The molecule has 2 aromatic heterocycles. The van der Waals surface area contributed by atoms with E-state index in [-0.39, 0.29) is 11.7 Å². The molecule has 124 valence electrons. The Hall–Kier alpha value is -3.41. The Morgan fingerprint density at radius 3 is 2.68 bits per heavy atom. The smallest absolute Gasteiger partial charge is 0.338 e. The van der Waals surface area contributed by atoms with Crippen molar-refractivity contribution in [2.75, 3.05) is 5.32 Å². The minimum absolute atomic E-state index is 0.123. The van der Waals surface area contributed by atoms with Gasteiger partial charge in [-0.15, -0.1) is 5.10 Å². The number of aromatic nitrogens is 3. The second kappa shape index (κ2) is 6.24. The van der Waals surface area contributed by atoms with Gasteiger partial charge in [-0.25, -0.2) is 9.48 Å². The van der Waals surface area contributed by atoms with Gasteiger partial charge in [0.05, 0.1) is 23.6 Å². The summed E-state index contributed by atoms with van der Waals surface area (Å²) in [5.41, 5.74) is 2.60. The number of benzene rings is 2. The predicted octanol–water partition coefficient (Wildman–Crippen LogP) is 3.55. The third kappa shape index (κ3) is 3.01. The maximum Gasteiger partial charge on any atom is 0.338 e. The fourth-order valence-corrected chi connectivity index (χ4v) is 2.72. The quantitative estimate of drug-likeness (QED) is 0.579. The summed E-state index contributed by atoms with van der Waals surface area (Å²) in [5.74, 6) is 0. The molecule has 0 bridgehead atoms. The summed E-state index contributed by atoms with van der Waals surface area (Å²) in [6, 6.07) is 18.6. The van der Waals surface area contributed by atoms with Crippen LogP contribution >= 0.6 is 0 Å². The van der Waals surface area contributed by atoms with Gasteiger partial charge in [0.2, 0.25) is 0 Å². The molecule has 0 saturated heterocycles. The molecule has 4 rings (SSSR count). The number of rotatable bonds is 4. The highest BCUT2D eigenvalue weighted by molar-refractivity contribution is 5.89. The van der Waals surface area contributed by atoms with Crippen molar-refractivity contribution in [2.45, 2.75) is 13.0 Å².